The monoisotopic (exact) mass is 434 g/mol. The number of hydrogen-bond donors (Lipinski definition) is 1. The minimum absolute atomic E-state index is 0.0185. The molecule has 3 heterocycles. The molecule has 0 aliphatic carbocycles. The standard InChI is InChI=1S/C21H21F3N4O3/c1-3-13(25)18-17(20(29)28-9-4-10-28)27-19(31-18)12-5-7-14(30-2)16-11(12)6-8-15(26-16)21(22,23)24/h5-8,13H,3-4,9-10,25H2,1-2H3/t13-/m0/s1. The van der Waals surface area contributed by atoms with Gasteiger partial charge in [0.05, 0.1) is 13.2 Å². The number of alkyl halides is 3. The third kappa shape index (κ3) is 3.71. The molecule has 1 aliphatic rings. The van der Waals surface area contributed by atoms with Crippen LogP contribution in [0.25, 0.3) is 22.4 Å². The quantitative estimate of drug-likeness (QED) is 0.648. The van der Waals surface area contributed by atoms with Crippen LogP contribution in [0.3, 0.4) is 0 Å². The minimum Gasteiger partial charge on any atom is -0.494 e. The highest BCUT2D eigenvalue weighted by Gasteiger charge is 2.34. The highest BCUT2D eigenvalue weighted by molar-refractivity contribution is 5.98. The molecule has 2 N–H and O–H groups in total. The number of hydrogen-bond acceptors (Lipinski definition) is 6. The molecular formula is C21H21F3N4O3. The number of nitrogens with zero attached hydrogens (tertiary/aromatic N) is 3. The third-order valence-corrected chi connectivity index (χ3v) is 5.34. The van der Waals surface area contributed by atoms with Gasteiger partial charge in [0.15, 0.2) is 11.5 Å². The van der Waals surface area contributed by atoms with E-state index in [2.05, 4.69) is 9.97 Å². The molecule has 4 rings (SSSR count). The van der Waals surface area contributed by atoms with E-state index in [1.165, 1.54) is 19.2 Å². The van der Waals surface area contributed by atoms with Gasteiger partial charge in [0.1, 0.15) is 17.0 Å². The molecule has 1 aromatic carbocycles. The van der Waals surface area contributed by atoms with Gasteiger partial charge >= 0.3 is 6.18 Å². The van der Waals surface area contributed by atoms with E-state index in [-0.39, 0.29) is 34.5 Å². The first-order chi connectivity index (χ1) is 14.7. The number of likely N-dealkylation sites (tertiary alicyclic amines) is 1. The first-order valence-corrected chi connectivity index (χ1v) is 9.85. The Bertz CT molecular complexity index is 1140. The van der Waals surface area contributed by atoms with Gasteiger partial charge in [-0.15, -0.1) is 0 Å². The molecule has 1 saturated heterocycles. The number of halogens is 3. The number of aromatic nitrogens is 2. The van der Waals surface area contributed by atoms with Crippen LogP contribution in [0.1, 0.15) is 47.7 Å². The molecule has 10 heteroatoms. The highest BCUT2D eigenvalue weighted by Crippen LogP contribution is 2.37. The van der Waals surface area contributed by atoms with Crippen molar-refractivity contribution < 1.29 is 27.1 Å². The number of amides is 1. The van der Waals surface area contributed by atoms with Crippen molar-refractivity contribution in [3.63, 3.8) is 0 Å². The highest BCUT2D eigenvalue weighted by atomic mass is 19.4. The molecule has 0 unspecified atom stereocenters. The van der Waals surface area contributed by atoms with Crippen LogP contribution in [-0.4, -0.2) is 41.0 Å². The Kier molecular flexibility index (Phi) is 5.34. The van der Waals surface area contributed by atoms with Gasteiger partial charge < -0.3 is 19.8 Å². The number of nitrogens with two attached hydrogens (primary N) is 1. The summed E-state index contributed by atoms with van der Waals surface area (Å²) in [6.45, 7) is 3.13. The lowest BCUT2D eigenvalue weighted by molar-refractivity contribution is -0.140. The summed E-state index contributed by atoms with van der Waals surface area (Å²) in [4.78, 5) is 22.6. The molecule has 2 aromatic heterocycles. The molecule has 0 spiro atoms. The number of ether oxygens (including phenoxy) is 1. The smallest absolute Gasteiger partial charge is 0.433 e. The molecule has 0 radical (unpaired) electrons. The zero-order valence-electron chi connectivity index (χ0n) is 17.0. The normalized spacial score (nSPS) is 15.1. The van der Waals surface area contributed by atoms with Crippen LogP contribution in [0.15, 0.2) is 28.7 Å². The molecule has 1 fully saturated rings. The Hall–Kier alpha value is -3.14. The van der Waals surface area contributed by atoms with Crippen molar-refractivity contribution in [2.45, 2.75) is 32.0 Å². The molecule has 1 atom stereocenters. The van der Waals surface area contributed by atoms with Crippen molar-refractivity contribution in [1.29, 1.82) is 0 Å². The van der Waals surface area contributed by atoms with Gasteiger partial charge in [-0.05, 0) is 37.1 Å². The fourth-order valence-electron chi connectivity index (χ4n) is 3.41. The van der Waals surface area contributed by atoms with Crippen LogP contribution >= 0.6 is 0 Å². The van der Waals surface area contributed by atoms with Crippen LogP contribution in [-0.2, 0) is 6.18 Å². The first-order valence-electron chi connectivity index (χ1n) is 9.85. The number of oxazole rings is 1. The Morgan fingerprint density at radius 1 is 1.26 bits per heavy atom. The predicted molar refractivity (Wildman–Crippen MR) is 107 cm³/mol. The van der Waals surface area contributed by atoms with E-state index in [4.69, 9.17) is 14.9 Å². The van der Waals surface area contributed by atoms with Crippen molar-refractivity contribution in [2.24, 2.45) is 5.73 Å². The Morgan fingerprint density at radius 2 is 2.00 bits per heavy atom. The van der Waals surface area contributed by atoms with Crippen LogP contribution in [0.4, 0.5) is 13.2 Å². The van der Waals surface area contributed by atoms with Gasteiger partial charge in [0.25, 0.3) is 5.91 Å². The maximum absolute atomic E-state index is 13.2. The Morgan fingerprint density at radius 3 is 2.58 bits per heavy atom. The average molecular weight is 434 g/mol. The largest absolute Gasteiger partial charge is 0.494 e. The lowest BCUT2D eigenvalue weighted by atomic mass is 10.1. The summed E-state index contributed by atoms with van der Waals surface area (Å²) in [7, 11) is 1.35. The molecule has 1 aliphatic heterocycles. The Balaban J connectivity index is 1.88. The summed E-state index contributed by atoms with van der Waals surface area (Å²) in [5.41, 5.74) is 5.65. The lowest BCUT2D eigenvalue weighted by Gasteiger charge is -2.30. The van der Waals surface area contributed by atoms with E-state index in [0.717, 1.165) is 12.5 Å². The van der Waals surface area contributed by atoms with Crippen LogP contribution < -0.4 is 10.5 Å². The number of pyridine rings is 1. The number of fused-ring (bicyclic) bond motifs is 1. The van der Waals surface area contributed by atoms with Gasteiger partial charge in [-0.3, -0.25) is 4.79 Å². The van der Waals surface area contributed by atoms with E-state index in [9.17, 15) is 18.0 Å². The van der Waals surface area contributed by atoms with Crippen LogP contribution in [0, 0.1) is 0 Å². The first kappa shape index (κ1) is 21.1. The van der Waals surface area contributed by atoms with Gasteiger partial charge in [-0.1, -0.05) is 6.92 Å². The molecule has 1 amide bonds. The molecule has 7 nitrogen and oxygen atoms in total. The molecular weight excluding hydrogens is 413 g/mol. The van der Waals surface area contributed by atoms with E-state index in [0.29, 0.717) is 30.5 Å². The zero-order chi connectivity index (χ0) is 22.3. The molecule has 3 aromatic rings. The Labute approximate surface area is 176 Å². The van der Waals surface area contributed by atoms with Crippen molar-refractivity contribution >= 4 is 16.8 Å². The predicted octanol–water partition coefficient (Wildman–Crippen LogP) is 4.17. The third-order valence-electron chi connectivity index (χ3n) is 5.34. The van der Waals surface area contributed by atoms with Crippen molar-refractivity contribution in [3.8, 4) is 17.2 Å². The number of benzene rings is 1. The van der Waals surface area contributed by atoms with Gasteiger partial charge in [0, 0.05) is 24.0 Å². The second kappa shape index (κ2) is 7.84. The van der Waals surface area contributed by atoms with Crippen molar-refractivity contribution in [2.75, 3.05) is 20.2 Å². The molecule has 0 bridgehead atoms. The second-order valence-electron chi connectivity index (χ2n) is 7.30. The minimum atomic E-state index is -4.60. The van der Waals surface area contributed by atoms with E-state index < -0.39 is 17.9 Å². The van der Waals surface area contributed by atoms with Crippen molar-refractivity contribution in [3.05, 3.63) is 41.4 Å². The van der Waals surface area contributed by atoms with Gasteiger partial charge in [-0.2, -0.15) is 13.2 Å². The summed E-state index contributed by atoms with van der Waals surface area (Å²) in [5, 5.41) is 0.355. The number of methoxy groups -OCH3 is 1. The van der Waals surface area contributed by atoms with Gasteiger partial charge in [-0.25, -0.2) is 9.97 Å². The summed E-state index contributed by atoms with van der Waals surface area (Å²) in [5.74, 6) is 0.268. The van der Waals surface area contributed by atoms with E-state index in [1.807, 2.05) is 6.92 Å². The SMILES string of the molecule is CC[C@H](N)c1oc(-c2ccc(OC)c3nc(C(F)(F)F)ccc23)nc1C(=O)N1CCC1. The summed E-state index contributed by atoms with van der Waals surface area (Å²) >= 11 is 0. The fraction of sp³-hybridized carbons (Fsp3) is 0.381. The van der Waals surface area contributed by atoms with Crippen molar-refractivity contribution in [1.82, 2.24) is 14.9 Å². The maximum Gasteiger partial charge on any atom is 0.433 e. The van der Waals surface area contributed by atoms with E-state index in [1.54, 1.807) is 11.0 Å². The lowest BCUT2D eigenvalue weighted by Crippen LogP contribution is -2.42. The molecule has 164 valence electrons. The number of carbonyl (C=O) groups excluding carboxylic acids is 1. The summed E-state index contributed by atoms with van der Waals surface area (Å²) < 4.78 is 50.6. The average Bonchev–Trinajstić information content (AvgIpc) is 3.15. The van der Waals surface area contributed by atoms with Crippen LogP contribution in [0.2, 0.25) is 0 Å². The summed E-state index contributed by atoms with van der Waals surface area (Å²) in [6, 6.07) is 4.75. The second-order valence-corrected chi connectivity index (χ2v) is 7.30. The topological polar surface area (TPSA) is 94.5 Å². The maximum atomic E-state index is 13.2. The zero-order valence-corrected chi connectivity index (χ0v) is 17.0. The van der Waals surface area contributed by atoms with Crippen LogP contribution in [0.5, 0.6) is 5.75 Å². The van der Waals surface area contributed by atoms with E-state index >= 15 is 0 Å². The summed E-state index contributed by atoms with van der Waals surface area (Å²) in [6.07, 6.45) is -3.16. The van der Waals surface area contributed by atoms with Gasteiger partial charge in [0.2, 0.25) is 5.89 Å². The molecule has 31 heavy (non-hydrogen) atoms. The number of carbonyl (C=O) groups is 1. The molecule has 0 saturated carbocycles. The fourth-order valence-corrected chi connectivity index (χ4v) is 3.41. The number of rotatable bonds is 5.